The minimum absolute atomic E-state index is 0.172. The van der Waals surface area contributed by atoms with Crippen LogP contribution in [0.3, 0.4) is 0 Å². The van der Waals surface area contributed by atoms with Crippen LogP contribution in [0.15, 0.2) is 29.2 Å². The normalized spacial score (nSPS) is 26.8. The molecule has 0 aromatic heterocycles. The summed E-state index contributed by atoms with van der Waals surface area (Å²) in [5.41, 5.74) is -1.48. The molecule has 2 aliphatic rings. The number of nitrogens with zero attached hydrogens (tertiary/aromatic N) is 2. The maximum absolute atomic E-state index is 12.9. The summed E-state index contributed by atoms with van der Waals surface area (Å²) in [5, 5.41) is 13.3. The maximum atomic E-state index is 12.9. The topological polar surface area (TPSA) is 127 Å². The largest absolute Gasteiger partial charge is 0.339 e. The van der Waals surface area contributed by atoms with Crippen molar-refractivity contribution in [1.82, 2.24) is 9.62 Å². The molecule has 1 heterocycles. The average Bonchev–Trinajstić information content (AvgIpc) is 2.82. The van der Waals surface area contributed by atoms with Crippen LogP contribution in [0.2, 0.25) is 0 Å². The zero-order chi connectivity index (χ0) is 18.4. The Kier molecular flexibility index (Phi) is 4.02. The summed E-state index contributed by atoms with van der Waals surface area (Å²) in [6.45, 7) is 1.82. The molecule has 0 radical (unpaired) electrons. The van der Waals surface area contributed by atoms with Crippen molar-refractivity contribution in [2.45, 2.75) is 43.0 Å². The number of nitro groups is 1. The number of nitrogens with one attached hydrogen (secondary N) is 1. The van der Waals surface area contributed by atoms with Gasteiger partial charge in [-0.2, -0.15) is 0 Å². The van der Waals surface area contributed by atoms with Crippen LogP contribution in [0.5, 0.6) is 0 Å². The quantitative estimate of drug-likeness (QED) is 0.493. The molecule has 1 saturated heterocycles. The van der Waals surface area contributed by atoms with Gasteiger partial charge in [0.05, 0.1) is 9.82 Å². The first kappa shape index (κ1) is 17.3. The van der Waals surface area contributed by atoms with E-state index in [0.717, 1.165) is 43.5 Å². The summed E-state index contributed by atoms with van der Waals surface area (Å²) >= 11 is 0. The number of carbonyl (C=O) groups excluding carboxylic acids is 2. The Bertz CT molecular complexity index is 851. The van der Waals surface area contributed by atoms with E-state index in [1.165, 1.54) is 0 Å². The van der Waals surface area contributed by atoms with E-state index in [4.69, 9.17) is 0 Å². The van der Waals surface area contributed by atoms with Crippen molar-refractivity contribution < 1.29 is 22.9 Å². The SMILES string of the molecule is CC1CCCCC12NC(=O)N(S(=O)(=O)c1ccc([N+](=O)[O-])cc1)C2=O. The number of urea groups is 1. The second-order valence-electron chi connectivity index (χ2n) is 6.37. The Labute approximate surface area is 144 Å². The number of sulfonamides is 1. The molecule has 1 aromatic carbocycles. The second kappa shape index (κ2) is 5.80. The fourth-order valence-corrected chi connectivity index (χ4v) is 4.82. The van der Waals surface area contributed by atoms with Gasteiger partial charge in [0.15, 0.2) is 0 Å². The number of hydrogen-bond donors (Lipinski definition) is 1. The van der Waals surface area contributed by atoms with Gasteiger partial charge in [-0.3, -0.25) is 14.9 Å². The predicted octanol–water partition coefficient (Wildman–Crippen LogP) is 1.78. The lowest BCUT2D eigenvalue weighted by atomic mass is 9.74. The van der Waals surface area contributed by atoms with Crippen LogP contribution in [0.25, 0.3) is 0 Å². The van der Waals surface area contributed by atoms with Crippen molar-refractivity contribution in [3.8, 4) is 0 Å². The Morgan fingerprint density at radius 1 is 1.24 bits per heavy atom. The smallest absolute Gasteiger partial charge is 0.322 e. The van der Waals surface area contributed by atoms with E-state index in [1.54, 1.807) is 0 Å². The van der Waals surface area contributed by atoms with Crippen LogP contribution in [0.1, 0.15) is 32.6 Å². The highest BCUT2D eigenvalue weighted by Gasteiger charge is 2.58. The van der Waals surface area contributed by atoms with Crippen molar-refractivity contribution in [3.63, 3.8) is 0 Å². The van der Waals surface area contributed by atoms with Crippen molar-refractivity contribution in [2.24, 2.45) is 5.92 Å². The van der Waals surface area contributed by atoms with Crippen molar-refractivity contribution in [1.29, 1.82) is 0 Å². The summed E-state index contributed by atoms with van der Waals surface area (Å²) < 4.78 is 25.7. The molecule has 1 aliphatic heterocycles. The van der Waals surface area contributed by atoms with Crippen LogP contribution in [0.4, 0.5) is 10.5 Å². The highest BCUT2D eigenvalue weighted by atomic mass is 32.2. The highest BCUT2D eigenvalue weighted by molar-refractivity contribution is 7.90. The van der Waals surface area contributed by atoms with Crippen LogP contribution in [-0.4, -0.2) is 35.1 Å². The van der Waals surface area contributed by atoms with Crippen LogP contribution in [-0.2, 0) is 14.8 Å². The van der Waals surface area contributed by atoms with Crippen LogP contribution < -0.4 is 5.32 Å². The van der Waals surface area contributed by atoms with Gasteiger partial charge in [0, 0.05) is 12.1 Å². The molecule has 2 atom stereocenters. The van der Waals surface area contributed by atoms with Gasteiger partial charge in [0.2, 0.25) is 0 Å². The van der Waals surface area contributed by atoms with Gasteiger partial charge >= 0.3 is 6.03 Å². The number of benzene rings is 1. The molecule has 1 spiro atoms. The molecule has 25 heavy (non-hydrogen) atoms. The third-order valence-electron chi connectivity index (χ3n) is 4.97. The summed E-state index contributed by atoms with van der Waals surface area (Å²) in [7, 11) is -4.43. The van der Waals surface area contributed by atoms with Crippen molar-refractivity contribution in [3.05, 3.63) is 34.4 Å². The Balaban J connectivity index is 1.98. The first-order valence-electron chi connectivity index (χ1n) is 7.86. The average molecular weight is 367 g/mol. The molecule has 0 bridgehead atoms. The van der Waals surface area contributed by atoms with Crippen LogP contribution in [0, 0.1) is 16.0 Å². The van der Waals surface area contributed by atoms with E-state index in [2.05, 4.69) is 5.32 Å². The zero-order valence-electron chi connectivity index (χ0n) is 13.5. The van der Waals surface area contributed by atoms with E-state index < -0.39 is 32.4 Å². The molecule has 1 aromatic rings. The molecule has 2 unspecified atom stereocenters. The minimum atomic E-state index is -4.43. The second-order valence-corrected chi connectivity index (χ2v) is 8.16. The van der Waals surface area contributed by atoms with E-state index in [0.29, 0.717) is 6.42 Å². The third kappa shape index (κ3) is 2.56. The molecule has 1 aliphatic carbocycles. The maximum Gasteiger partial charge on any atom is 0.339 e. The van der Waals surface area contributed by atoms with Gasteiger partial charge in [-0.1, -0.05) is 19.8 Å². The van der Waals surface area contributed by atoms with Gasteiger partial charge < -0.3 is 5.32 Å². The lowest BCUT2D eigenvalue weighted by Crippen LogP contribution is -2.54. The van der Waals surface area contributed by atoms with E-state index >= 15 is 0 Å². The molecular formula is C15H17N3O6S. The monoisotopic (exact) mass is 367 g/mol. The van der Waals surface area contributed by atoms with Gasteiger partial charge in [0.25, 0.3) is 21.6 Å². The summed E-state index contributed by atoms with van der Waals surface area (Å²) in [6, 6.07) is 3.10. The summed E-state index contributed by atoms with van der Waals surface area (Å²) in [4.78, 5) is 34.8. The first-order valence-corrected chi connectivity index (χ1v) is 9.30. The Hall–Kier alpha value is -2.49. The molecule has 3 rings (SSSR count). The number of carbonyl (C=O) groups is 2. The Morgan fingerprint density at radius 3 is 2.44 bits per heavy atom. The number of hydrogen-bond acceptors (Lipinski definition) is 6. The third-order valence-corrected chi connectivity index (χ3v) is 6.65. The van der Waals surface area contributed by atoms with Gasteiger partial charge in [0.1, 0.15) is 5.54 Å². The summed E-state index contributed by atoms with van der Waals surface area (Å²) in [5.74, 6) is -0.946. The molecule has 3 amide bonds. The number of rotatable bonds is 3. The Morgan fingerprint density at radius 2 is 1.88 bits per heavy atom. The molecule has 9 nitrogen and oxygen atoms in total. The number of non-ortho nitro benzene ring substituents is 1. The molecule has 1 N–H and O–H groups in total. The van der Waals surface area contributed by atoms with E-state index in [1.807, 2.05) is 6.92 Å². The fourth-order valence-electron chi connectivity index (χ4n) is 3.48. The zero-order valence-corrected chi connectivity index (χ0v) is 14.3. The molecular weight excluding hydrogens is 350 g/mol. The standard InChI is InChI=1S/C15H17N3O6S/c1-10-4-2-3-9-15(10)13(19)17(14(20)16-15)25(23,24)12-7-5-11(6-8-12)18(21)22/h5-8,10H,2-4,9H2,1H3,(H,16,20). The minimum Gasteiger partial charge on any atom is -0.322 e. The first-order chi connectivity index (χ1) is 11.7. The molecule has 1 saturated carbocycles. The summed E-state index contributed by atoms with van der Waals surface area (Å²) in [6.07, 6.45) is 2.76. The van der Waals surface area contributed by atoms with Gasteiger partial charge in [-0.15, -0.1) is 4.31 Å². The fraction of sp³-hybridized carbons (Fsp3) is 0.467. The van der Waals surface area contributed by atoms with Crippen LogP contribution >= 0.6 is 0 Å². The molecule has 2 fully saturated rings. The van der Waals surface area contributed by atoms with Crippen molar-refractivity contribution >= 4 is 27.6 Å². The molecule has 134 valence electrons. The van der Waals surface area contributed by atoms with Gasteiger partial charge in [-0.05, 0) is 30.9 Å². The number of imide groups is 1. The lowest BCUT2D eigenvalue weighted by Gasteiger charge is -2.36. The highest BCUT2D eigenvalue weighted by Crippen LogP contribution is 2.39. The van der Waals surface area contributed by atoms with E-state index in [-0.39, 0.29) is 20.8 Å². The molecule has 10 heteroatoms. The van der Waals surface area contributed by atoms with Crippen molar-refractivity contribution in [2.75, 3.05) is 0 Å². The van der Waals surface area contributed by atoms with E-state index in [9.17, 15) is 28.1 Å². The lowest BCUT2D eigenvalue weighted by molar-refractivity contribution is -0.384. The predicted molar refractivity (Wildman–Crippen MR) is 86.0 cm³/mol. The number of amides is 3. The number of nitro benzene ring substituents is 1. The van der Waals surface area contributed by atoms with Gasteiger partial charge in [-0.25, -0.2) is 13.2 Å².